The first-order valence-corrected chi connectivity index (χ1v) is 7.69. The van der Waals surface area contributed by atoms with Crippen LogP contribution in [0.2, 0.25) is 0 Å². The van der Waals surface area contributed by atoms with E-state index in [0.717, 1.165) is 18.5 Å². The summed E-state index contributed by atoms with van der Waals surface area (Å²) in [5.41, 5.74) is 0.676. The molecule has 1 N–H and O–H groups in total. The Bertz CT molecular complexity index is 488. The number of carbonyl (C=O) groups excluding carboxylic acids is 1. The lowest BCUT2D eigenvalue weighted by molar-refractivity contribution is -0.135. The Labute approximate surface area is 128 Å². The number of hydrogen-bond acceptors (Lipinski definition) is 3. The Morgan fingerprint density at radius 1 is 1.33 bits per heavy atom. The highest BCUT2D eigenvalue weighted by atomic mass is 16.2. The van der Waals surface area contributed by atoms with E-state index < -0.39 is 5.54 Å². The predicted molar refractivity (Wildman–Crippen MR) is 85.9 cm³/mol. The molecule has 116 valence electrons. The summed E-state index contributed by atoms with van der Waals surface area (Å²) in [7, 11) is 4.09. The van der Waals surface area contributed by atoms with E-state index >= 15 is 0 Å². The maximum absolute atomic E-state index is 12.9. The lowest BCUT2D eigenvalue weighted by Gasteiger charge is -2.32. The summed E-state index contributed by atoms with van der Waals surface area (Å²) in [5, 5.41) is 3.55. The van der Waals surface area contributed by atoms with Crippen LogP contribution in [0.25, 0.3) is 0 Å². The Kier molecular flexibility index (Phi) is 4.69. The van der Waals surface area contributed by atoms with Gasteiger partial charge in [-0.1, -0.05) is 37.3 Å². The Hall–Kier alpha value is -1.39. The topological polar surface area (TPSA) is 35.6 Å². The number of carbonyl (C=O) groups is 1. The van der Waals surface area contributed by atoms with Crippen LogP contribution >= 0.6 is 0 Å². The third-order valence-electron chi connectivity index (χ3n) is 4.37. The van der Waals surface area contributed by atoms with Crippen molar-refractivity contribution in [3.63, 3.8) is 0 Å². The molecule has 1 aliphatic heterocycles. The lowest BCUT2D eigenvalue weighted by atomic mass is 9.99. The van der Waals surface area contributed by atoms with Crippen LogP contribution in [0.3, 0.4) is 0 Å². The molecule has 1 fully saturated rings. The van der Waals surface area contributed by atoms with E-state index in [4.69, 9.17) is 0 Å². The molecule has 2 rings (SSSR count). The second-order valence-electron chi connectivity index (χ2n) is 6.47. The van der Waals surface area contributed by atoms with Gasteiger partial charge in [0, 0.05) is 12.6 Å². The molecule has 0 aromatic heterocycles. The minimum absolute atomic E-state index is 0.0430. The molecule has 1 aromatic rings. The molecule has 1 saturated heterocycles. The van der Waals surface area contributed by atoms with Gasteiger partial charge in [-0.05, 0) is 39.9 Å². The van der Waals surface area contributed by atoms with Gasteiger partial charge in [-0.25, -0.2) is 0 Å². The summed E-state index contributed by atoms with van der Waals surface area (Å²) < 4.78 is 0. The molecule has 4 heteroatoms. The number of hydrogen-bond donors (Lipinski definition) is 1. The van der Waals surface area contributed by atoms with Crippen molar-refractivity contribution < 1.29 is 4.79 Å². The maximum Gasteiger partial charge on any atom is 0.244 e. The number of rotatable bonds is 5. The SMILES string of the molecule is CCC1(C)NC(c2ccccc2)N(C(C)CN(C)C)C1=O. The molecule has 21 heavy (non-hydrogen) atoms. The molecule has 3 atom stereocenters. The van der Waals surface area contributed by atoms with Crippen LogP contribution in [-0.2, 0) is 4.79 Å². The maximum atomic E-state index is 12.9. The monoisotopic (exact) mass is 289 g/mol. The van der Waals surface area contributed by atoms with Gasteiger partial charge in [-0.3, -0.25) is 10.1 Å². The molecule has 0 radical (unpaired) electrons. The van der Waals surface area contributed by atoms with E-state index in [0.29, 0.717) is 0 Å². The Morgan fingerprint density at radius 3 is 2.48 bits per heavy atom. The number of benzene rings is 1. The first-order valence-electron chi connectivity index (χ1n) is 7.69. The van der Waals surface area contributed by atoms with Gasteiger partial charge in [-0.15, -0.1) is 0 Å². The molecule has 0 aliphatic carbocycles. The van der Waals surface area contributed by atoms with Crippen molar-refractivity contribution in [2.45, 2.75) is 44.9 Å². The summed E-state index contributed by atoms with van der Waals surface area (Å²) in [5.74, 6) is 0.202. The fourth-order valence-electron chi connectivity index (χ4n) is 3.04. The van der Waals surface area contributed by atoms with Crippen LogP contribution in [0.4, 0.5) is 0 Å². The highest BCUT2D eigenvalue weighted by Crippen LogP contribution is 2.34. The number of likely N-dealkylation sites (N-methyl/N-ethyl adjacent to an activating group) is 1. The van der Waals surface area contributed by atoms with Gasteiger partial charge in [0.2, 0.25) is 5.91 Å². The van der Waals surface area contributed by atoms with Crippen molar-refractivity contribution >= 4 is 5.91 Å². The van der Waals surface area contributed by atoms with E-state index in [-0.39, 0.29) is 18.1 Å². The molecular weight excluding hydrogens is 262 g/mol. The summed E-state index contributed by atoms with van der Waals surface area (Å²) in [6.07, 6.45) is 0.749. The van der Waals surface area contributed by atoms with E-state index in [1.165, 1.54) is 0 Å². The highest BCUT2D eigenvalue weighted by Gasteiger charge is 2.48. The van der Waals surface area contributed by atoms with E-state index in [1.807, 2.05) is 44.1 Å². The quantitative estimate of drug-likeness (QED) is 0.903. The second-order valence-corrected chi connectivity index (χ2v) is 6.47. The van der Waals surface area contributed by atoms with Crippen LogP contribution in [0.5, 0.6) is 0 Å². The van der Waals surface area contributed by atoms with Gasteiger partial charge in [0.05, 0.1) is 5.54 Å². The van der Waals surface area contributed by atoms with Crippen molar-refractivity contribution in [2.24, 2.45) is 0 Å². The largest absolute Gasteiger partial charge is 0.317 e. The lowest BCUT2D eigenvalue weighted by Crippen LogP contribution is -2.46. The van der Waals surface area contributed by atoms with E-state index in [2.05, 4.69) is 36.2 Å². The van der Waals surface area contributed by atoms with Crippen LogP contribution < -0.4 is 5.32 Å². The molecule has 4 nitrogen and oxygen atoms in total. The van der Waals surface area contributed by atoms with Gasteiger partial charge in [-0.2, -0.15) is 0 Å². The third kappa shape index (κ3) is 3.11. The zero-order chi connectivity index (χ0) is 15.6. The average Bonchev–Trinajstić information content (AvgIpc) is 2.72. The van der Waals surface area contributed by atoms with E-state index in [1.54, 1.807) is 0 Å². The molecule has 1 aromatic carbocycles. The van der Waals surface area contributed by atoms with Crippen molar-refractivity contribution in [1.29, 1.82) is 0 Å². The highest BCUT2D eigenvalue weighted by molar-refractivity contribution is 5.88. The average molecular weight is 289 g/mol. The number of nitrogens with one attached hydrogen (secondary N) is 1. The standard InChI is InChI=1S/C17H27N3O/c1-6-17(3)16(21)20(13(2)12-19(4)5)15(18-17)14-10-8-7-9-11-14/h7-11,13,15,18H,6,12H2,1-5H3. The second kappa shape index (κ2) is 6.16. The normalized spacial score (nSPS) is 27.4. The molecule has 1 heterocycles. The van der Waals surface area contributed by atoms with Crippen LogP contribution in [-0.4, -0.2) is 47.9 Å². The molecule has 0 bridgehead atoms. The number of nitrogens with zero attached hydrogens (tertiary/aromatic N) is 2. The first-order chi connectivity index (χ1) is 9.89. The smallest absolute Gasteiger partial charge is 0.244 e. The zero-order valence-corrected chi connectivity index (χ0v) is 13.8. The summed E-state index contributed by atoms with van der Waals surface area (Å²) >= 11 is 0. The van der Waals surface area contributed by atoms with Crippen LogP contribution in [0.1, 0.15) is 38.9 Å². The fraction of sp³-hybridized carbons (Fsp3) is 0.588. The molecule has 1 aliphatic rings. The fourth-order valence-corrected chi connectivity index (χ4v) is 3.04. The van der Waals surface area contributed by atoms with Crippen molar-refractivity contribution in [3.8, 4) is 0 Å². The minimum atomic E-state index is -0.471. The Morgan fingerprint density at radius 2 is 1.95 bits per heavy atom. The molecule has 1 amide bonds. The summed E-state index contributed by atoms with van der Waals surface area (Å²) in [6.45, 7) is 7.05. The van der Waals surface area contributed by atoms with Crippen molar-refractivity contribution in [2.75, 3.05) is 20.6 Å². The van der Waals surface area contributed by atoms with Crippen LogP contribution in [0, 0.1) is 0 Å². The first kappa shape index (κ1) is 16.0. The van der Waals surface area contributed by atoms with Gasteiger partial charge in [0.15, 0.2) is 0 Å². The van der Waals surface area contributed by atoms with Gasteiger partial charge >= 0.3 is 0 Å². The third-order valence-corrected chi connectivity index (χ3v) is 4.37. The Balaban J connectivity index is 2.34. The van der Waals surface area contributed by atoms with Gasteiger partial charge in [0.1, 0.15) is 6.17 Å². The summed E-state index contributed by atoms with van der Waals surface area (Å²) in [4.78, 5) is 17.0. The minimum Gasteiger partial charge on any atom is -0.317 e. The van der Waals surface area contributed by atoms with Gasteiger partial charge in [0.25, 0.3) is 0 Å². The molecule has 3 unspecified atom stereocenters. The molecule has 0 saturated carbocycles. The molecule has 0 spiro atoms. The summed E-state index contributed by atoms with van der Waals surface area (Å²) in [6, 6.07) is 10.4. The number of amides is 1. The predicted octanol–water partition coefficient (Wildman–Crippen LogP) is 2.24. The van der Waals surface area contributed by atoms with E-state index in [9.17, 15) is 4.79 Å². The molecular formula is C17H27N3O. The zero-order valence-electron chi connectivity index (χ0n) is 13.8. The van der Waals surface area contributed by atoms with Crippen LogP contribution in [0.15, 0.2) is 30.3 Å². The van der Waals surface area contributed by atoms with Gasteiger partial charge < -0.3 is 9.80 Å². The van der Waals surface area contributed by atoms with Crippen molar-refractivity contribution in [1.82, 2.24) is 15.1 Å². The van der Waals surface area contributed by atoms with Crippen molar-refractivity contribution in [3.05, 3.63) is 35.9 Å².